The number of amides is 1. The third-order valence-electron chi connectivity index (χ3n) is 4.22. The number of aryl methyl sites for hydroxylation is 4. The molecule has 134 valence electrons. The van der Waals surface area contributed by atoms with Crippen LogP contribution in [-0.4, -0.2) is 20.9 Å². The summed E-state index contributed by atoms with van der Waals surface area (Å²) in [5.41, 5.74) is 4.90. The van der Waals surface area contributed by atoms with Gasteiger partial charge in [-0.05, 0) is 74.2 Å². The van der Waals surface area contributed by atoms with E-state index in [1.165, 1.54) is 0 Å². The molecule has 0 fully saturated rings. The van der Waals surface area contributed by atoms with Gasteiger partial charge >= 0.3 is 0 Å². The number of hydrogen-bond donors (Lipinski definition) is 2. The van der Waals surface area contributed by atoms with Crippen LogP contribution >= 0.6 is 0 Å². The first kappa shape index (κ1) is 19.1. The van der Waals surface area contributed by atoms with Crippen LogP contribution in [0.25, 0.3) is 0 Å². The van der Waals surface area contributed by atoms with Gasteiger partial charge in [0.25, 0.3) is 0 Å². The molecule has 0 saturated heterocycles. The molecule has 0 bridgehead atoms. The van der Waals surface area contributed by atoms with E-state index in [2.05, 4.69) is 10.0 Å². The fraction of sp³-hybridized carbons (Fsp3) is 0.316. The average Bonchev–Trinajstić information content (AvgIpc) is 2.53. The minimum absolute atomic E-state index is 0.0476. The molecule has 2 aromatic carbocycles. The molecular formula is C19H24N2O3S. The zero-order chi connectivity index (χ0) is 18.6. The van der Waals surface area contributed by atoms with Crippen LogP contribution < -0.4 is 10.0 Å². The third kappa shape index (κ3) is 5.14. The largest absolute Gasteiger partial charge is 0.326 e. The number of nitrogens with one attached hydrogen (secondary N) is 2. The molecule has 0 saturated carbocycles. The van der Waals surface area contributed by atoms with Crippen molar-refractivity contribution in [3.63, 3.8) is 0 Å². The molecule has 0 unspecified atom stereocenters. The Balaban J connectivity index is 1.91. The quantitative estimate of drug-likeness (QED) is 0.830. The highest BCUT2D eigenvalue weighted by atomic mass is 32.2. The molecule has 0 atom stereocenters. The molecule has 0 aliphatic rings. The van der Waals surface area contributed by atoms with Gasteiger partial charge in [-0.1, -0.05) is 12.1 Å². The van der Waals surface area contributed by atoms with Gasteiger partial charge in [0.05, 0.1) is 4.90 Å². The fourth-order valence-electron chi connectivity index (χ4n) is 2.31. The number of carbonyl (C=O) groups excluding carboxylic acids is 1. The van der Waals surface area contributed by atoms with Crippen molar-refractivity contribution in [3.05, 3.63) is 58.7 Å². The van der Waals surface area contributed by atoms with Gasteiger partial charge in [-0.25, -0.2) is 13.1 Å². The standard InChI is InChI=1S/C19H24N2O3S/c1-13-5-7-17(11-15(13)3)21-19(22)9-10-20-25(23,24)18-8-6-14(2)16(4)12-18/h5-8,11-12,20H,9-10H2,1-4H3,(H,21,22). The second kappa shape index (κ2) is 7.80. The summed E-state index contributed by atoms with van der Waals surface area (Å²) in [6.45, 7) is 7.82. The fourth-order valence-corrected chi connectivity index (χ4v) is 3.42. The monoisotopic (exact) mass is 360 g/mol. The SMILES string of the molecule is Cc1ccc(NC(=O)CCNS(=O)(=O)c2ccc(C)c(C)c2)cc1C. The first-order chi connectivity index (χ1) is 11.7. The van der Waals surface area contributed by atoms with Gasteiger partial charge in [-0.15, -0.1) is 0 Å². The van der Waals surface area contributed by atoms with Crippen molar-refractivity contribution in [1.29, 1.82) is 0 Å². The molecule has 25 heavy (non-hydrogen) atoms. The van der Waals surface area contributed by atoms with Crippen LogP contribution in [0.1, 0.15) is 28.7 Å². The number of hydrogen-bond acceptors (Lipinski definition) is 3. The Kier molecular flexibility index (Phi) is 5.98. The first-order valence-corrected chi connectivity index (χ1v) is 9.61. The van der Waals surface area contributed by atoms with E-state index in [1.807, 2.05) is 45.9 Å². The van der Waals surface area contributed by atoms with E-state index >= 15 is 0 Å². The number of anilines is 1. The van der Waals surface area contributed by atoms with E-state index in [4.69, 9.17) is 0 Å². The Morgan fingerprint density at radius 2 is 1.48 bits per heavy atom. The Morgan fingerprint density at radius 1 is 0.880 bits per heavy atom. The van der Waals surface area contributed by atoms with Crippen molar-refractivity contribution in [2.75, 3.05) is 11.9 Å². The zero-order valence-electron chi connectivity index (χ0n) is 15.0. The summed E-state index contributed by atoms with van der Waals surface area (Å²) in [6, 6.07) is 10.6. The van der Waals surface area contributed by atoms with Gasteiger partial charge in [0.15, 0.2) is 0 Å². The smallest absolute Gasteiger partial charge is 0.240 e. The summed E-state index contributed by atoms with van der Waals surface area (Å²) in [4.78, 5) is 12.2. The highest BCUT2D eigenvalue weighted by Gasteiger charge is 2.15. The van der Waals surface area contributed by atoms with E-state index in [1.54, 1.807) is 18.2 Å². The van der Waals surface area contributed by atoms with Gasteiger partial charge in [0, 0.05) is 18.7 Å². The third-order valence-corrected chi connectivity index (χ3v) is 5.68. The van der Waals surface area contributed by atoms with E-state index in [0.29, 0.717) is 5.69 Å². The van der Waals surface area contributed by atoms with Gasteiger partial charge in [-0.3, -0.25) is 4.79 Å². The van der Waals surface area contributed by atoms with Crippen molar-refractivity contribution in [2.24, 2.45) is 0 Å². The van der Waals surface area contributed by atoms with Crippen molar-refractivity contribution in [3.8, 4) is 0 Å². The molecule has 0 aliphatic heterocycles. The molecular weight excluding hydrogens is 336 g/mol. The predicted octanol–water partition coefficient (Wildman–Crippen LogP) is 3.23. The molecule has 2 rings (SSSR count). The summed E-state index contributed by atoms with van der Waals surface area (Å²) in [7, 11) is -3.61. The second-order valence-electron chi connectivity index (χ2n) is 6.24. The van der Waals surface area contributed by atoms with Crippen molar-refractivity contribution in [1.82, 2.24) is 4.72 Å². The van der Waals surface area contributed by atoms with Gasteiger partial charge < -0.3 is 5.32 Å². The Hall–Kier alpha value is -2.18. The van der Waals surface area contributed by atoms with Gasteiger partial charge in [0.1, 0.15) is 0 Å². The predicted molar refractivity (Wildman–Crippen MR) is 100 cm³/mol. The lowest BCUT2D eigenvalue weighted by Gasteiger charge is -2.10. The lowest BCUT2D eigenvalue weighted by Crippen LogP contribution is -2.28. The Labute approximate surface area is 149 Å². The number of carbonyl (C=O) groups is 1. The molecule has 0 heterocycles. The van der Waals surface area contributed by atoms with Crippen LogP contribution in [0, 0.1) is 27.7 Å². The molecule has 0 radical (unpaired) electrons. The van der Waals surface area contributed by atoms with Crippen LogP contribution in [0.2, 0.25) is 0 Å². The molecule has 0 aliphatic carbocycles. The second-order valence-corrected chi connectivity index (χ2v) is 8.01. The van der Waals surface area contributed by atoms with Crippen LogP contribution in [0.3, 0.4) is 0 Å². The molecule has 2 N–H and O–H groups in total. The van der Waals surface area contributed by atoms with Gasteiger partial charge in [-0.2, -0.15) is 0 Å². The van der Waals surface area contributed by atoms with Gasteiger partial charge in [0.2, 0.25) is 15.9 Å². The number of sulfonamides is 1. The van der Waals surface area contributed by atoms with Crippen LogP contribution in [0.5, 0.6) is 0 Å². The summed E-state index contributed by atoms with van der Waals surface area (Å²) in [6.07, 6.45) is 0.0665. The highest BCUT2D eigenvalue weighted by Crippen LogP contribution is 2.15. The zero-order valence-corrected chi connectivity index (χ0v) is 15.8. The topological polar surface area (TPSA) is 75.3 Å². The van der Waals surface area contributed by atoms with E-state index in [0.717, 1.165) is 22.3 Å². The number of benzene rings is 2. The molecule has 5 nitrogen and oxygen atoms in total. The molecule has 1 amide bonds. The number of rotatable bonds is 6. The Bertz CT molecular complexity index is 890. The molecule has 0 spiro atoms. The maximum Gasteiger partial charge on any atom is 0.240 e. The van der Waals surface area contributed by atoms with Crippen molar-refractivity contribution < 1.29 is 13.2 Å². The van der Waals surface area contributed by atoms with Crippen LogP contribution in [0.15, 0.2) is 41.3 Å². The minimum Gasteiger partial charge on any atom is -0.326 e. The Morgan fingerprint density at radius 3 is 2.08 bits per heavy atom. The van der Waals surface area contributed by atoms with E-state index in [9.17, 15) is 13.2 Å². The molecule has 6 heteroatoms. The lowest BCUT2D eigenvalue weighted by molar-refractivity contribution is -0.116. The summed E-state index contributed by atoms with van der Waals surface area (Å²) >= 11 is 0. The van der Waals surface area contributed by atoms with E-state index in [-0.39, 0.29) is 23.8 Å². The van der Waals surface area contributed by atoms with Crippen molar-refractivity contribution in [2.45, 2.75) is 39.0 Å². The van der Waals surface area contributed by atoms with Crippen molar-refractivity contribution >= 4 is 21.6 Å². The van der Waals surface area contributed by atoms with Crippen LogP contribution in [-0.2, 0) is 14.8 Å². The maximum absolute atomic E-state index is 12.3. The van der Waals surface area contributed by atoms with Crippen LogP contribution in [0.4, 0.5) is 5.69 Å². The summed E-state index contributed by atoms with van der Waals surface area (Å²) in [5.74, 6) is -0.231. The lowest BCUT2D eigenvalue weighted by atomic mass is 10.1. The molecule has 2 aromatic rings. The minimum atomic E-state index is -3.61. The first-order valence-electron chi connectivity index (χ1n) is 8.13. The normalized spacial score (nSPS) is 11.4. The molecule has 0 aromatic heterocycles. The highest BCUT2D eigenvalue weighted by molar-refractivity contribution is 7.89. The maximum atomic E-state index is 12.3. The summed E-state index contributed by atoms with van der Waals surface area (Å²) in [5, 5.41) is 2.78. The van der Waals surface area contributed by atoms with E-state index < -0.39 is 10.0 Å². The summed E-state index contributed by atoms with van der Waals surface area (Å²) < 4.78 is 27.0. The average molecular weight is 360 g/mol.